The van der Waals surface area contributed by atoms with Crippen LogP contribution >= 0.6 is 11.8 Å². The standard InChI is InChI=1S/C37H68N2O9S/c1-5-7-9-11-13-15-17-19-21-23-31(48-34(42)24-22-20-18-16-14-12-10-8-6-2)27-35(43)47-25-26-49-29-33(38-30(3)41)36(44)39-32(28-40)37(45)46-4/h31-33,40H,5-29H2,1-4H3,(H,38,41)(H,39,44). The molecule has 0 fully saturated rings. The molecule has 0 aliphatic rings. The number of carbonyl (C=O) groups is 5. The molecule has 2 amide bonds. The second-order valence-corrected chi connectivity index (χ2v) is 14.0. The first kappa shape index (κ1) is 46.7. The van der Waals surface area contributed by atoms with Crippen molar-refractivity contribution >= 4 is 41.5 Å². The van der Waals surface area contributed by atoms with Crippen molar-refractivity contribution < 1.29 is 43.3 Å². The van der Waals surface area contributed by atoms with Gasteiger partial charge in [0.15, 0.2) is 6.04 Å². The van der Waals surface area contributed by atoms with Gasteiger partial charge in [-0.25, -0.2) is 4.79 Å². The molecule has 0 saturated carbocycles. The number of hydrogen-bond acceptors (Lipinski definition) is 10. The number of thioether (sulfide) groups is 1. The zero-order valence-electron chi connectivity index (χ0n) is 31.0. The van der Waals surface area contributed by atoms with Crippen LogP contribution < -0.4 is 10.6 Å². The fourth-order valence-electron chi connectivity index (χ4n) is 5.39. The van der Waals surface area contributed by atoms with Crippen LogP contribution in [-0.2, 0) is 38.2 Å². The van der Waals surface area contributed by atoms with Crippen molar-refractivity contribution in [3.63, 3.8) is 0 Å². The van der Waals surface area contributed by atoms with E-state index in [0.29, 0.717) is 18.6 Å². The number of hydrogen-bond donors (Lipinski definition) is 3. The van der Waals surface area contributed by atoms with Gasteiger partial charge >= 0.3 is 17.9 Å². The number of nitrogens with one attached hydrogen (secondary N) is 2. The summed E-state index contributed by atoms with van der Waals surface area (Å²) in [5, 5.41) is 14.3. The first-order valence-electron chi connectivity index (χ1n) is 18.9. The highest BCUT2D eigenvalue weighted by atomic mass is 32.2. The number of methoxy groups -OCH3 is 1. The van der Waals surface area contributed by atoms with E-state index in [1.54, 1.807) is 0 Å². The molecule has 0 saturated heterocycles. The fraction of sp³-hybridized carbons (Fsp3) is 0.865. The number of aliphatic hydroxyl groups excluding tert-OH is 1. The summed E-state index contributed by atoms with van der Waals surface area (Å²) in [5.41, 5.74) is 0. The number of carbonyl (C=O) groups excluding carboxylic acids is 5. The summed E-state index contributed by atoms with van der Waals surface area (Å²) in [6.07, 6.45) is 21.6. The Hall–Kier alpha value is -2.34. The zero-order chi connectivity index (χ0) is 36.5. The molecule has 0 aliphatic carbocycles. The van der Waals surface area contributed by atoms with Gasteiger partial charge in [-0.1, -0.05) is 117 Å². The highest BCUT2D eigenvalue weighted by Gasteiger charge is 2.26. The molecule has 286 valence electrons. The molecule has 0 aliphatic heterocycles. The Bertz CT molecular complexity index is 890. The monoisotopic (exact) mass is 716 g/mol. The largest absolute Gasteiger partial charge is 0.467 e. The molecular formula is C37H68N2O9S. The molecule has 0 aromatic rings. The van der Waals surface area contributed by atoms with Crippen molar-refractivity contribution in [3.05, 3.63) is 0 Å². The SMILES string of the molecule is CCCCCCCCCCCC(=O)OC(CCCCCCCCCCC)CC(=O)OCCSCC(NC(C)=O)C(=O)NC(CO)C(=O)OC. The van der Waals surface area contributed by atoms with E-state index in [1.165, 1.54) is 95.7 Å². The van der Waals surface area contributed by atoms with Crippen LogP contribution in [0.25, 0.3) is 0 Å². The molecule has 3 N–H and O–H groups in total. The van der Waals surface area contributed by atoms with Gasteiger partial charge in [-0.3, -0.25) is 19.2 Å². The lowest BCUT2D eigenvalue weighted by molar-refractivity contribution is -0.155. The molecule has 0 heterocycles. The van der Waals surface area contributed by atoms with Crippen LogP contribution in [-0.4, -0.2) is 84.8 Å². The minimum Gasteiger partial charge on any atom is -0.467 e. The van der Waals surface area contributed by atoms with Crippen molar-refractivity contribution in [3.8, 4) is 0 Å². The van der Waals surface area contributed by atoms with Gasteiger partial charge in [0.1, 0.15) is 18.8 Å². The van der Waals surface area contributed by atoms with Gasteiger partial charge in [0, 0.05) is 24.9 Å². The van der Waals surface area contributed by atoms with Gasteiger partial charge in [-0.05, 0) is 19.3 Å². The third kappa shape index (κ3) is 28.1. The van der Waals surface area contributed by atoms with E-state index >= 15 is 0 Å². The Balaban J connectivity index is 4.72. The average molecular weight is 717 g/mol. The molecular weight excluding hydrogens is 648 g/mol. The van der Waals surface area contributed by atoms with E-state index in [2.05, 4.69) is 29.2 Å². The molecule has 0 aromatic carbocycles. The minimum absolute atomic E-state index is 0.00180. The second-order valence-electron chi connectivity index (χ2n) is 12.8. The Labute approximate surface area is 300 Å². The van der Waals surface area contributed by atoms with E-state index < -0.39 is 48.5 Å². The fourth-order valence-corrected chi connectivity index (χ4v) is 6.23. The van der Waals surface area contributed by atoms with Crippen LogP contribution in [0.15, 0.2) is 0 Å². The maximum atomic E-state index is 12.7. The highest BCUT2D eigenvalue weighted by Crippen LogP contribution is 2.17. The number of rotatable bonds is 33. The molecule has 12 heteroatoms. The van der Waals surface area contributed by atoms with Crippen molar-refractivity contribution in [2.75, 3.05) is 31.8 Å². The predicted octanol–water partition coefficient (Wildman–Crippen LogP) is 6.56. The molecule has 0 rings (SSSR count). The lowest BCUT2D eigenvalue weighted by Gasteiger charge is -2.20. The normalized spacial score (nSPS) is 12.8. The van der Waals surface area contributed by atoms with Crippen LogP contribution in [0.4, 0.5) is 0 Å². The molecule has 0 aromatic heterocycles. The van der Waals surface area contributed by atoms with E-state index in [0.717, 1.165) is 45.6 Å². The summed E-state index contributed by atoms with van der Waals surface area (Å²) in [6.45, 7) is 5.13. The maximum Gasteiger partial charge on any atom is 0.330 e. The summed E-state index contributed by atoms with van der Waals surface area (Å²) >= 11 is 1.28. The average Bonchev–Trinajstić information content (AvgIpc) is 3.07. The second kappa shape index (κ2) is 32.8. The highest BCUT2D eigenvalue weighted by molar-refractivity contribution is 7.99. The number of ether oxygens (including phenoxy) is 3. The Morgan fingerprint density at radius 2 is 1.22 bits per heavy atom. The molecule has 3 unspecified atom stereocenters. The number of aliphatic hydroxyl groups is 1. The molecule has 3 atom stereocenters. The van der Waals surface area contributed by atoms with E-state index in [-0.39, 0.29) is 24.7 Å². The van der Waals surface area contributed by atoms with Crippen LogP contribution in [0.1, 0.15) is 156 Å². The summed E-state index contributed by atoms with van der Waals surface area (Å²) in [5.74, 6) is -2.08. The summed E-state index contributed by atoms with van der Waals surface area (Å²) in [4.78, 5) is 61.3. The number of amides is 2. The van der Waals surface area contributed by atoms with Crippen molar-refractivity contribution in [2.45, 2.75) is 174 Å². The van der Waals surface area contributed by atoms with E-state index in [4.69, 9.17) is 9.47 Å². The van der Waals surface area contributed by atoms with Gasteiger partial charge in [0.05, 0.1) is 20.1 Å². The summed E-state index contributed by atoms with van der Waals surface area (Å²) < 4.78 is 15.8. The first-order chi connectivity index (χ1) is 23.7. The Morgan fingerprint density at radius 3 is 1.73 bits per heavy atom. The maximum absolute atomic E-state index is 12.7. The lowest BCUT2D eigenvalue weighted by atomic mass is 10.0. The zero-order valence-corrected chi connectivity index (χ0v) is 31.8. The topological polar surface area (TPSA) is 157 Å². The van der Waals surface area contributed by atoms with Gasteiger partial charge in [-0.2, -0.15) is 11.8 Å². The van der Waals surface area contributed by atoms with Gasteiger partial charge in [0.25, 0.3) is 0 Å². The van der Waals surface area contributed by atoms with Crippen LogP contribution in [0.2, 0.25) is 0 Å². The van der Waals surface area contributed by atoms with Crippen LogP contribution in [0, 0.1) is 0 Å². The molecule has 11 nitrogen and oxygen atoms in total. The summed E-state index contributed by atoms with van der Waals surface area (Å²) in [7, 11) is 1.14. The van der Waals surface area contributed by atoms with Gasteiger partial charge < -0.3 is 30.0 Å². The predicted molar refractivity (Wildman–Crippen MR) is 195 cm³/mol. The third-order valence-corrected chi connectivity index (χ3v) is 9.28. The summed E-state index contributed by atoms with van der Waals surface area (Å²) in [6, 6.07) is -2.22. The van der Waals surface area contributed by atoms with E-state index in [1.807, 2.05) is 0 Å². The Morgan fingerprint density at radius 1 is 0.694 bits per heavy atom. The Kier molecular flexibility index (Phi) is 31.3. The molecule has 0 radical (unpaired) electrons. The van der Waals surface area contributed by atoms with E-state index in [9.17, 15) is 29.1 Å². The van der Waals surface area contributed by atoms with Gasteiger partial charge in [0.2, 0.25) is 11.8 Å². The molecule has 0 bridgehead atoms. The minimum atomic E-state index is -1.25. The van der Waals surface area contributed by atoms with Crippen molar-refractivity contribution in [1.82, 2.24) is 10.6 Å². The first-order valence-corrected chi connectivity index (χ1v) is 20.0. The number of unbranched alkanes of at least 4 members (excludes halogenated alkanes) is 16. The van der Waals surface area contributed by atoms with Crippen molar-refractivity contribution in [1.29, 1.82) is 0 Å². The van der Waals surface area contributed by atoms with Crippen molar-refractivity contribution in [2.24, 2.45) is 0 Å². The quantitative estimate of drug-likeness (QED) is 0.0386. The lowest BCUT2D eigenvalue weighted by Crippen LogP contribution is -2.53. The van der Waals surface area contributed by atoms with Gasteiger partial charge in [-0.15, -0.1) is 0 Å². The molecule has 49 heavy (non-hydrogen) atoms. The van der Waals surface area contributed by atoms with Crippen LogP contribution in [0.3, 0.4) is 0 Å². The molecule has 0 spiro atoms. The smallest absolute Gasteiger partial charge is 0.330 e. The third-order valence-electron chi connectivity index (χ3n) is 8.26. The number of esters is 3. The van der Waals surface area contributed by atoms with Crippen LogP contribution in [0.5, 0.6) is 0 Å².